The monoisotopic (exact) mass is 202 g/mol. The van der Waals surface area contributed by atoms with Gasteiger partial charge in [0.05, 0.1) is 6.20 Å². The number of rotatable bonds is 1. The van der Waals surface area contributed by atoms with Crippen LogP contribution in [0.2, 0.25) is 0 Å². The SMILES string of the molecule is c1cc2ncc(C3CCCNC3)cn2n1. The molecule has 0 amide bonds. The van der Waals surface area contributed by atoms with Gasteiger partial charge in [-0.05, 0) is 30.9 Å². The van der Waals surface area contributed by atoms with E-state index in [1.54, 1.807) is 6.20 Å². The Balaban J connectivity index is 1.95. The maximum absolute atomic E-state index is 4.39. The van der Waals surface area contributed by atoms with Gasteiger partial charge in [-0.1, -0.05) is 0 Å². The maximum atomic E-state index is 4.39. The molecule has 78 valence electrons. The molecule has 0 bridgehead atoms. The van der Waals surface area contributed by atoms with Crippen molar-refractivity contribution < 1.29 is 0 Å². The van der Waals surface area contributed by atoms with Crippen LogP contribution < -0.4 is 5.32 Å². The average Bonchev–Trinajstić information content (AvgIpc) is 2.77. The Morgan fingerprint density at radius 1 is 1.47 bits per heavy atom. The van der Waals surface area contributed by atoms with E-state index in [9.17, 15) is 0 Å². The summed E-state index contributed by atoms with van der Waals surface area (Å²) < 4.78 is 1.85. The molecular formula is C11H14N4. The van der Waals surface area contributed by atoms with E-state index in [4.69, 9.17) is 0 Å². The molecule has 3 rings (SSSR count). The zero-order valence-electron chi connectivity index (χ0n) is 8.56. The molecule has 0 aliphatic carbocycles. The Bertz CT molecular complexity index is 456. The second kappa shape index (κ2) is 3.62. The molecule has 1 fully saturated rings. The molecule has 0 radical (unpaired) electrons. The highest BCUT2D eigenvalue weighted by atomic mass is 15.2. The Labute approximate surface area is 88.3 Å². The van der Waals surface area contributed by atoms with Gasteiger partial charge in [0.1, 0.15) is 0 Å². The third kappa shape index (κ3) is 1.61. The quantitative estimate of drug-likeness (QED) is 0.755. The highest BCUT2D eigenvalue weighted by molar-refractivity contribution is 5.36. The highest BCUT2D eigenvalue weighted by Crippen LogP contribution is 2.22. The lowest BCUT2D eigenvalue weighted by molar-refractivity contribution is 0.459. The van der Waals surface area contributed by atoms with Crippen LogP contribution in [0, 0.1) is 0 Å². The van der Waals surface area contributed by atoms with E-state index in [-0.39, 0.29) is 0 Å². The van der Waals surface area contributed by atoms with Gasteiger partial charge in [0.25, 0.3) is 0 Å². The second-order valence-corrected chi connectivity index (χ2v) is 4.06. The fourth-order valence-corrected chi connectivity index (χ4v) is 2.17. The molecule has 1 N–H and O–H groups in total. The van der Waals surface area contributed by atoms with Gasteiger partial charge in [-0.15, -0.1) is 0 Å². The minimum absolute atomic E-state index is 0.597. The van der Waals surface area contributed by atoms with Crippen molar-refractivity contribution in [1.82, 2.24) is 19.9 Å². The highest BCUT2D eigenvalue weighted by Gasteiger charge is 2.15. The molecule has 1 unspecified atom stereocenters. The van der Waals surface area contributed by atoms with Crippen molar-refractivity contribution >= 4 is 5.65 Å². The summed E-state index contributed by atoms with van der Waals surface area (Å²) in [5.74, 6) is 0.597. The first kappa shape index (κ1) is 8.85. The minimum atomic E-state index is 0.597. The van der Waals surface area contributed by atoms with Crippen LogP contribution in [0.5, 0.6) is 0 Å². The summed E-state index contributed by atoms with van der Waals surface area (Å²) in [6.45, 7) is 2.21. The standard InChI is InChI=1S/C11H14N4/c1-2-9(6-12-4-1)10-7-13-11-3-5-14-15(11)8-10/h3,5,7-9,12H,1-2,4,6H2. The first-order valence-electron chi connectivity index (χ1n) is 5.43. The fraction of sp³-hybridized carbons (Fsp3) is 0.455. The van der Waals surface area contributed by atoms with Gasteiger partial charge in [-0.25, -0.2) is 9.50 Å². The number of hydrogen-bond donors (Lipinski definition) is 1. The van der Waals surface area contributed by atoms with E-state index in [2.05, 4.69) is 21.6 Å². The predicted molar refractivity (Wildman–Crippen MR) is 57.8 cm³/mol. The molecule has 3 heterocycles. The molecule has 1 aliphatic rings. The largest absolute Gasteiger partial charge is 0.316 e. The zero-order chi connectivity index (χ0) is 10.1. The van der Waals surface area contributed by atoms with Crippen LogP contribution in [0.1, 0.15) is 24.3 Å². The van der Waals surface area contributed by atoms with Crippen molar-refractivity contribution in [3.63, 3.8) is 0 Å². The van der Waals surface area contributed by atoms with Gasteiger partial charge < -0.3 is 5.32 Å². The zero-order valence-corrected chi connectivity index (χ0v) is 8.56. The van der Waals surface area contributed by atoms with Gasteiger partial charge in [0, 0.05) is 25.0 Å². The average molecular weight is 202 g/mol. The Morgan fingerprint density at radius 3 is 3.33 bits per heavy atom. The smallest absolute Gasteiger partial charge is 0.154 e. The normalized spacial score (nSPS) is 22.0. The molecule has 0 saturated carbocycles. The van der Waals surface area contributed by atoms with E-state index in [0.29, 0.717) is 5.92 Å². The van der Waals surface area contributed by atoms with Crippen LogP contribution in [-0.4, -0.2) is 27.7 Å². The van der Waals surface area contributed by atoms with Crippen LogP contribution >= 0.6 is 0 Å². The minimum Gasteiger partial charge on any atom is -0.316 e. The van der Waals surface area contributed by atoms with Crippen molar-refractivity contribution in [3.05, 3.63) is 30.2 Å². The predicted octanol–water partition coefficient (Wildman–Crippen LogP) is 1.20. The van der Waals surface area contributed by atoms with Crippen molar-refractivity contribution in [2.75, 3.05) is 13.1 Å². The van der Waals surface area contributed by atoms with Crippen molar-refractivity contribution in [2.45, 2.75) is 18.8 Å². The van der Waals surface area contributed by atoms with E-state index < -0.39 is 0 Å². The first-order chi connectivity index (χ1) is 7.43. The maximum Gasteiger partial charge on any atom is 0.154 e. The number of nitrogens with zero attached hydrogens (tertiary/aromatic N) is 3. The summed E-state index contributed by atoms with van der Waals surface area (Å²) in [5.41, 5.74) is 2.21. The fourth-order valence-electron chi connectivity index (χ4n) is 2.17. The summed E-state index contributed by atoms with van der Waals surface area (Å²) in [6, 6.07) is 1.92. The number of hydrogen-bond acceptors (Lipinski definition) is 3. The van der Waals surface area contributed by atoms with Crippen molar-refractivity contribution in [1.29, 1.82) is 0 Å². The molecule has 4 heteroatoms. The summed E-state index contributed by atoms with van der Waals surface area (Å²) >= 11 is 0. The molecule has 1 aliphatic heterocycles. The van der Waals surface area contributed by atoms with Crippen LogP contribution in [0.3, 0.4) is 0 Å². The van der Waals surface area contributed by atoms with Gasteiger partial charge in [-0.3, -0.25) is 0 Å². The Hall–Kier alpha value is -1.42. The number of piperidine rings is 1. The van der Waals surface area contributed by atoms with Gasteiger partial charge in [0.2, 0.25) is 0 Å². The van der Waals surface area contributed by atoms with Crippen molar-refractivity contribution in [2.24, 2.45) is 0 Å². The van der Waals surface area contributed by atoms with Gasteiger partial charge >= 0.3 is 0 Å². The molecular weight excluding hydrogens is 188 g/mol. The number of aromatic nitrogens is 3. The topological polar surface area (TPSA) is 42.2 Å². The molecule has 2 aromatic heterocycles. The van der Waals surface area contributed by atoms with Gasteiger partial charge in [-0.2, -0.15) is 5.10 Å². The molecule has 2 aromatic rings. The number of nitrogens with one attached hydrogen (secondary N) is 1. The van der Waals surface area contributed by atoms with E-state index in [1.807, 2.05) is 16.8 Å². The molecule has 15 heavy (non-hydrogen) atoms. The lowest BCUT2D eigenvalue weighted by Crippen LogP contribution is -2.28. The molecule has 0 spiro atoms. The van der Waals surface area contributed by atoms with E-state index >= 15 is 0 Å². The lowest BCUT2D eigenvalue weighted by atomic mass is 9.94. The van der Waals surface area contributed by atoms with Crippen LogP contribution in [0.4, 0.5) is 0 Å². The van der Waals surface area contributed by atoms with Crippen LogP contribution in [0.15, 0.2) is 24.7 Å². The summed E-state index contributed by atoms with van der Waals surface area (Å²) in [6.07, 6.45) is 8.36. The molecule has 1 saturated heterocycles. The molecule has 0 aromatic carbocycles. The second-order valence-electron chi connectivity index (χ2n) is 4.06. The number of fused-ring (bicyclic) bond motifs is 1. The van der Waals surface area contributed by atoms with E-state index in [0.717, 1.165) is 18.7 Å². The van der Waals surface area contributed by atoms with Crippen molar-refractivity contribution in [3.8, 4) is 0 Å². The van der Waals surface area contributed by atoms with Crippen LogP contribution in [0.25, 0.3) is 5.65 Å². The third-order valence-corrected chi connectivity index (χ3v) is 3.03. The molecule has 1 atom stereocenters. The van der Waals surface area contributed by atoms with Gasteiger partial charge in [0.15, 0.2) is 5.65 Å². The van der Waals surface area contributed by atoms with Crippen LogP contribution in [-0.2, 0) is 0 Å². The first-order valence-corrected chi connectivity index (χ1v) is 5.43. The third-order valence-electron chi connectivity index (χ3n) is 3.03. The van der Waals surface area contributed by atoms with E-state index in [1.165, 1.54) is 18.4 Å². The Kier molecular flexibility index (Phi) is 2.14. The summed E-state index contributed by atoms with van der Waals surface area (Å²) in [5, 5.41) is 7.63. The molecule has 4 nitrogen and oxygen atoms in total. The summed E-state index contributed by atoms with van der Waals surface area (Å²) in [7, 11) is 0. The summed E-state index contributed by atoms with van der Waals surface area (Å²) in [4.78, 5) is 4.39. The lowest BCUT2D eigenvalue weighted by Gasteiger charge is -2.22. The Morgan fingerprint density at radius 2 is 2.47 bits per heavy atom.